The van der Waals surface area contributed by atoms with Crippen LogP contribution in [-0.2, 0) is 17.8 Å². The molecule has 138 valence electrons. The van der Waals surface area contributed by atoms with Crippen molar-refractivity contribution in [3.05, 3.63) is 83.0 Å². The third-order valence-corrected chi connectivity index (χ3v) is 4.23. The average molecular weight is 382 g/mol. The Labute approximate surface area is 163 Å². The number of methoxy groups -OCH3 is 1. The van der Waals surface area contributed by atoms with E-state index < -0.39 is 0 Å². The summed E-state index contributed by atoms with van der Waals surface area (Å²) in [5.74, 6) is 1.45. The molecule has 0 spiro atoms. The maximum atomic E-state index is 12.1. The second-order valence-electron chi connectivity index (χ2n) is 5.95. The lowest BCUT2D eigenvalue weighted by Crippen LogP contribution is -2.14. The smallest absolute Gasteiger partial charge is 0.228 e. The number of benzene rings is 2. The van der Waals surface area contributed by atoms with Crippen molar-refractivity contribution in [2.75, 3.05) is 17.7 Å². The molecular formula is C21H20ClN3O2. The first kappa shape index (κ1) is 18.7. The fraction of sp³-hybridized carbons (Fsp3) is 0.143. The minimum atomic E-state index is -0.103. The van der Waals surface area contributed by atoms with Gasteiger partial charge in [-0.3, -0.25) is 4.79 Å². The van der Waals surface area contributed by atoms with Gasteiger partial charge < -0.3 is 15.4 Å². The van der Waals surface area contributed by atoms with E-state index in [4.69, 9.17) is 16.3 Å². The summed E-state index contributed by atoms with van der Waals surface area (Å²) in [7, 11) is 1.65. The van der Waals surface area contributed by atoms with E-state index in [0.29, 0.717) is 17.3 Å². The van der Waals surface area contributed by atoms with Gasteiger partial charge in [0.15, 0.2) is 0 Å². The Morgan fingerprint density at radius 2 is 1.85 bits per heavy atom. The van der Waals surface area contributed by atoms with Gasteiger partial charge in [-0.25, -0.2) is 4.98 Å². The van der Waals surface area contributed by atoms with Gasteiger partial charge in [-0.2, -0.15) is 0 Å². The summed E-state index contributed by atoms with van der Waals surface area (Å²) >= 11 is 5.85. The first-order valence-corrected chi connectivity index (χ1v) is 8.88. The Hall–Kier alpha value is -3.05. The molecule has 0 saturated heterocycles. The second kappa shape index (κ2) is 9.05. The molecule has 1 amide bonds. The van der Waals surface area contributed by atoms with Gasteiger partial charge in [-0.05, 0) is 35.9 Å². The van der Waals surface area contributed by atoms with Crippen molar-refractivity contribution in [3.8, 4) is 5.75 Å². The number of carbonyl (C=O) groups is 1. The van der Waals surface area contributed by atoms with Crippen LogP contribution in [0.3, 0.4) is 0 Å². The maximum Gasteiger partial charge on any atom is 0.228 e. The number of amides is 1. The monoisotopic (exact) mass is 381 g/mol. The lowest BCUT2D eigenvalue weighted by atomic mass is 10.1. The molecule has 0 unspecified atom stereocenters. The highest BCUT2D eigenvalue weighted by atomic mass is 35.5. The third-order valence-electron chi connectivity index (χ3n) is 3.98. The van der Waals surface area contributed by atoms with Gasteiger partial charge in [-0.1, -0.05) is 41.9 Å². The van der Waals surface area contributed by atoms with Crippen LogP contribution in [-0.4, -0.2) is 18.0 Å². The minimum Gasteiger partial charge on any atom is -0.496 e. The quantitative estimate of drug-likeness (QED) is 0.630. The van der Waals surface area contributed by atoms with Crippen LogP contribution in [0.5, 0.6) is 5.75 Å². The predicted octanol–water partition coefficient (Wildman–Crippen LogP) is 4.54. The van der Waals surface area contributed by atoms with Crippen molar-refractivity contribution >= 4 is 29.0 Å². The fourth-order valence-electron chi connectivity index (χ4n) is 2.60. The number of anilines is 2. The molecule has 1 heterocycles. The number of pyridine rings is 1. The number of nitrogens with one attached hydrogen (secondary N) is 2. The molecule has 6 heteroatoms. The van der Waals surface area contributed by atoms with Crippen LogP contribution >= 0.6 is 11.6 Å². The van der Waals surface area contributed by atoms with E-state index in [-0.39, 0.29) is 12.3 Å². The summed E-state index contributed by atoms with van der Waals surface area (Å²) in [6.45, 7) is 0.597. The number of ether oxygens (including phenoxy) is 1. The number of carbonyl (C=O) groups excluding carboxylic acids is 1. The van der Waals surface area contributed by atoms with E-state index in [1.807, 2.05) is 48.5 Å². The number of halogens is 1. The largest absolute Gasteiger partial charge is 0.496 e. The van der Waals surface area contributed by atoms with Gasteiger partial charge >= 0.3 is 0 Å². The van der Waals surface area contributed by atoms with Crippen molar-refractivity contribution in [1.29, 1.82) is 0 Å². The number of aromatic nitrogens is 1. The van der Waals surface area contributed by atoms with E-state index in [0.717, 1.165) is 22.7 Å². The Kier molecular flexibility index (Phi) is 6.28. The van der Waals surface area contributed by atoms with Gasteiger partial charge in [0.2, 0.25) is 5.91 Å². The molecule has 0 bridgehead atoms. The SMILES string of the molecule is COc1ccccc1CNc1ccc(NC(=O)Cc2ccc(Cl)cc2)cn1. The lowest BCUT2D eigenvalue weighted by molar-refractivity contribution is -0.115. The van der Waals surface area contributed by atoms with Crippen LogP contribution in [0, 0.1) is 0 Å². The summed E-state index contributed by atoms with van der Waals surface area (Å²) in [5, 5.41) is 6.74. The van der Waals surface area contributed by atoms with Crippen molar-refractivity contribution in [3.63, 3.8) is 0 Å². The molecular weight excluding hydrogens is 362 g/mol. The molecule has 3 rings (SSSR count). The number of hydrogen-bond donors (Lipinski definition) is 2. The molecule has 0 radical (unpaired) electrons. The molecule has 3 aromatic rings. The topological polar surface area (TPSA) is 63.2 Å². The molecule has 0 atom stereocenters. The first-order valence-electron chi connectivity index (χ1n) is 8.50. The van der Waals surface area contributed by atoms with E-state index in [2.05, 4.69) is 15.6 Å². The predicted molar refractivity (Wildman–Crippen MR) is 108 cm³/mol. The van der Waals surface area contributed by atoms with Gasteiger partial charge in [0.25, 0.3) is 0 Å². The molecule has 1 aromatic heterocycles. The summed E-state index contributed by atoms with van der Waals surface area (Å²) in [6, 6.07) is 18.7. The zero-order valence-electron chi connectivity index (χ0n) is 14.9. The molecule has 0 aliphatic carbocycles. The molecule has 27 heavy (non-hydrogen) atoms. The highest BCUT2D eigenvalue weighted by Gasteiger charge is 2.06. The Bertz CT molecular complexity index is 896. The highest BCUT2D eigenvalue weighted by Crippen LogP contribution is 2.19. The molecule has 2 aromatic carbocycles. The molecule has 0 aliphatic heterocycles. The van der Waals surface area contributed by atoms with Gasteiger partial charge in [0, 0.05) is 17.1 Å². The standard InChI is InChI=1S/C21H20ClN3O2/c1-27-19-5-3-2-4-16(19)13-23-20-11-10-18(14-24-20)25-21(26)12-15-6-8-17(22)9-7-15/h2-11,14H,12-13H2,1H3,(H,23,24)(H,25,26). The summed E-state index contributed by atoms with van der Waals surface area (Å²) in [4.78, 5) is 16.5. The molecule has 0 aliphatic rings. The zero-order valence-corrected chi connectivity index (χ0v) is 15.7. The number of nitrogens with zero attached hydrogens (tertiary/aromatic N) is 1. The van der Waals surface area contributed by atoms with Crippen LogP contribution in [0.25, 0.3) is 0 Å². The van der Waals surface area contributed by atoms with Crippen molar-refractivity contribution in [2.24, 2.45) is 0 Å². The van der Waals surface area contributed by atoms with Crippen LogP contribution < -0.4 is 15.4 Å². The van der Waals surface area contributed by atoms with Crippen molar-refractivity contribution in [2.45, 2.75) is 13.0 Å². The minimum absolute atomic E-state index is 0.103. The Morgan fingerprint density at radius 3 is 2.56 bits per heavy atom. The number of para-hydroxylation sites is 1. The van der Waals surface area contributed by atoms with Gasteiger partial charge in [0.1, 0.15) is 11.6 Å². The Morgan fingerprint density at radius 1 is 1.07 bits per heavy atom. The van der Waals surface area contributed by atoms with Crippen molar-refractivity contribution in [1.82, 2.24) is 4.98 Å². The van der Waals surface area contributed by atoms with Crippen LogP contribution in [0.1, 0.15) is 11.1 Å². The van der Waals surface area contributed by atoms with E-state index in [1.54, 1.807) is 25.4 Å². The van der Waals surface area contributed by atoms with Crippen molar-refractivity contribution < 1.29 is 9.53 Å². The first-order chi connectivity index (χ1) is 13.1. The van der Waals surface area contributed by atoms with Crippen LogP contribution in [0.4, 0.5) is 11.5 Å². The number of rotatable bonds is 7. The third kappa shape index (κ3) is 5.46. The highest BCUT2D eigenvalue weighted by molar-refractivity contribution is 6.30. The van der Waals surface area contributed by atoms with Crippen LogP contribution in [0.2, 0.25) is 5.02 Å². The Balaban J connectivity index is 1.53. The fourth-order valence-corrected chi connectivity index (χ4v) is 2.73. The van der Waals surface area contributed by atoms with E-state index >= 15 is 0 Å². The summed E-state index contributed by atoms with van der Waals surface area (Å²) < 4.78 is 5.34. The maximum absolute atomic E-state index is 12.1. The summed E-state index contributed by atoms with van der Waals surface area (Å²) in [5.41, 5.74) is 2.60. The molecule has 0 saturated carbocycles. The molecule has 0 fully saturated rings. The van der Waals surface area contributed by atoms with E-state index in [9.17, 15) is 4.79 Å². The molecule has 5 nitrogen and oxygen atoms in total. The van der Waals surface area contributed by atoms with Gasteiger partial charge in [-0.15, -0.1) is 0 Å². The zero-order chi connectivity index (χ0) is 19.1. The second-order valence-corrected chi connectivity index (χ2v) is 6.39. The normalized spacial score (nSPS) is 10.3. The lowest BCUT2D eigenvalue weighted by Gasteiger charge is -2.10. The van der Waals surface area contributed by atoms with Crippen LogP contribution in [0.15, 0.2) is 66.9 Å². The summed E-state index contributed by atoms with van der Waals surface area (Å²) in [6.07, 6.45) is 1.91. The number of hydrogen-bond acceptors (Lipinski definition) is 4. The average Bonchev–Trinajstić information content (AvgIpc) is 2.69. The molecule has 2 N–H and O–H groups in total. The van der Waals surface area contributed by atoms with Gasteiger partial charge in [0.05, 0.1) is 25.4 Å². The van der Waals surface area contributed by atoms with E-state index in [1.165, 1.54) is 0 Å².